The van der Waals surface area contributed by atoms with E-state index in [1.165, 1.54) is 33.0 Å². The summed E-state index contributed by atoms with van der Waals surface area (Å²) in [6.45, 7) is 0. The van der Waals surface area contributed by atoms with Crippen molar-refractivity contribution in [3.63, 3.8) is 0 Å². The van der Waals surface area contributed by atoms with Gasteiger partial charge in [0.15, 0.2) is 17.5 Å². The third-order valence-electron chi connectivity index (χ3n) is 11.2. The fourth-order valence-electron chi connectivity index (χ4n) is 8.19. The van der Waals surface area contributed by atoms with E-state index in [4.69, 9.17) is 19.4 Å². The molecule has 0 saturated carbocycles. The van der Waals surface area contributed by atoms with Gasteiger partial charge in [-0.25, -0.2) is 15.0 Å². The van der Waals surface area contributed by atoms with Crippen molar-refractivity contribution in [3.05, 3.63) is 212 Å². The first-order chi connectivity index (χ1) is 29.2. The van der Waals surface area contributed by atoms with Gasteiger partial charge in [-0.3, -0.25) is 0 Å². The molecule has 4 heteroatoms. The van der Waals surface area contributed by atoms with E-state index in [1.54, 1.807) is 0 Å². The van der Waals surface area contributed by atoms with Gasteiger partial charge in [0.1, 0.15) is 11.2 Å². The molecule has 0 saturated heterocycles. The molecule has 59 heavy (non-hydrogen) atoms. The smallest absolute Gasteiger partial charge is 0.164 e. The Morgan fingerprint density at radius 3 is 1.49 bits per heavy atom. The molecular formula is C55H35N3O. The molecule has 11 rings (SSSR count). The van der Waals surface area contributed by atoms with E-state index in [-0.39, 0.29) is 0 Å². The minimum Gasteiger partial charge on any atom is -0.456 e. The second kappa shape index (κ2) is 14.5. The zero-order chi connectivity index (χ0) is 39.1. The number of aromatic nitrogens is 3. The molecule has 276 valence electrons. The van der Waals surface area contributed by atoms with Crippen LogP contribution in [0.3, 0.4) is 0 Å². The maximum atomic E-state index is 6.58. The van der Waals surface area contributed by atoms with Crippen molar-refractivity contribution in [2.75, 3.05) is 0 Å². The molecule has 2 heterocycles. The second-order valence-corrected chi connectivity index (χ2v) is 14.8. The standard InChI is InChI=1S/C55H35N3O/c1-3-12-36(13-4-1)37-24-26-38(27-25-37)43-18-9-19-44(34-43)54-56-53(42-15-5-2-6-16-42)57-55(58-54)45-32-33-49-51(35-45)59-50-23-11-22-48(52(49)50)41-30-28-40(29-31-41)47-21-10-17-39-14-7-8-20-46(39)47/h1-35H. The average molecular weight is 754 g/mol. The van der Waals surface area contributed by atoms with Crippen LogP contribution in [0.1, 0.15) is 0 Å². The van der Waals surface area contributed by atoms with E-state index in [2.05, 4.69) is 170 Å². The number of rotatable bonds is 7. The Bertz CT molecular complexity index is 3290. The first-order valence-electron chi connectivity index (χ1n) is 19.8. The zero-order valence-corrected chi connectivity index (χ0v) is 32.0. The Kier molecular flexibility index (Phi) is 8.45. The summed E-state index contributed by atoms with van der Waals surface area (Å²) in [6.07, 6.45) is 0. The summed E-state index contributed by atoms with van der Waals surface area (Å²) >= 11 is 0. The van der Waals surface area contributed by atoms with Gasteiger partial charge in [0.25, 0.3) is 0 Å². The van der Waals surface area contributed by atoms with Gasteiger partial charge < -0.3 is 4.42 Å². The van der Waals surface area contributed by atoms with Crippen LogP contribution in [0.2, 0.25) is 0 Å². The van der Waals surface area contributed by atoms with Crippen molar-refractivity contribution in [1.82, 2.24) is 15.0 Å². The van der Waals surface area contributed by atoms with E-state index in [0.29, 0.717) is 17.5 Å². The molecule has 0 aliphatic heterocycles. The van der Waals surface area contributed by atoms with Crippen LogP contribution >= 0.6 is 0 Å². The van der Waals surface area contributed by atoms with Gasteiger partial charge in [-0.1, -0.05) is 188 Å². The molecule has 0 radical (unpaired) electrons. The fourth-order valence-corrected chi connectivity index (χ4v) is 8.19. The van der Waals surface area contributed by atoms with Crippen molar-refractivity contribution in [3.8, 4) is 78.7 Å². The topological polar surface area (TPSA) is 51.8 Å². The SMILES string of the molecule is c1ccc(-c2ccc(-c3cccc(-c4nc(-c5ccccc5)nc(-c5ccc6c(c5)oc5cccc(-c7ccc(-c8cccc9ccccc89)cc7)c56)n4)c3)cc2)cc1. The van der Waals surface area contributed by atoms with Crippen LogP contribution in [-0.2, 0) is 0 Å². The number of fused-ring (bicyclic) bond motifs is 4. The minimum absolute atomic E-state index is 0.582. The Hall–Kier alpha value is -7.95. The summed E-state index contributed by atoms with van der Waals surface area (Å²) in [5.74, 6) is 1.80. The summed E-state index contributed by atoms with van der Waals surface area (Å²) in [7, 11) is 0. The highest BCUT2D eigenvalue weighted by molar-refractivity contribution is 6.13. The molecule has 0 spiro atoms. The first-order valence-corrected chi connectivity index (χ1v) is 19.8. The van der Waals surface area contributed by atoms with Crippen LogP contribution in [0.25, 0.3) is 111 Å². The molecule has 9 aromatic carbocycles. The molecule has 0 bridgehead atoms. The molecule has 0 N–H and O–H groups in total. The van der Waals surface area contributed by atoms with E-state index in [0.717, 1.165) is 60.9 Å². The molecule has 4 nitrogen and oxygen atoms in total. The Balaban J connectivity index is 0.967. The zero-order valence-electron chi connectivity index (χ0n) is 32.0. The van der Waals surface area contributed by atoms with Crippen LogP contribution < -0.4 is 0 Å². The van der Waals surface area contributed by atoms with E-state index in [9.17, 15) is 0 Å². The molecular weight excluding hydrogens is 719 g/mol. The van der Waals surface area contributed by atoms with Crippen LogP contribution in [0.4, 0.5) is 0 Å². The minimum atomic E-state index is 0.582. The molecule has 0 aliphatic carbocycles. The monoisotopic (exact) mass is 753 g/mol. The summed E-state index contributed by atoms with van der Waals surface area (Å²) in [4.78, 5) is 15.2. The highest BCUT2D eigenvalue weighted by Gasteiger charge is 2.17. The number of furan rings is 1. The highest BCUT2D eigenvalue weighted by atomic mass is 16.3. The fraction of sp³-hybridized carbons (Fsp3) is 0. The Morgan fingerprint density at radius 1 is 0.271 bits per heavy atom. The number of nitrogens with zero attached hydrogens (tertiary/aromatic N) is 3. The third-order valence-corrected chi connectivity index (χ3v) is 11.2. The van der Waals surface area contributed by atoms with Crippen molar-refractivity contribution in [2.45, 2.75) is 0 Å². The number of benzene rings is 9. The Labute approximate surface area is 341 Å². The quantitative estimate of drug-likeness (QED) is 0.163. The van der Waals surface area contributed by atoms with Gasteiger partial charge in [0, 0.05) is 27.5 Å². The molecule has 0 fully saturated rings. The number of hydrogen-bond donors (Lipinski definition) is 0. The molecule has 0 unspecified atom stereocenters. The molecule has 0 atom stereocenters. The highest BCUT2D eigenvalue weighted by Crippen LogP contribution is 2.39. The van der Waals surface area contributed by atoms with E-state index >= 15 is 0 Å². The van der Waals surface area contributed by atoms with Crippen LogP contribution in [0, 0.1) is 0 Å². The van der Waals surface area contributed by atoms with Crippen LogP contribution in [-0.4, -0.2) is 15.0 Å². The summed E-state index contributed by atoms with van der Waals surface area (Å²) in [5, 5.41) is 4.62. The lowest BCUT2D eigenvalue weighted by molar-refractivity contribution is 0.669. The summed E-state index contributed by atoms with van der Waals surface area (Å²) in [6, 6.07) is 74.1. The van der Waals surface area contributed by atoms with Crippen molar-refractivity contribution in [2.24, 2.45) is 0 Å². The van der Waals surface area contributed by atoms with E-state index in [1.807, 2.05) is 42.5 Å². The third kappa shape index (κ3) is 6.43. The van der Waals surface area contributed by atoms with Crippen molar-refractivity contribution >= 4 is 32.7 Å². The van der Waals surface area contributed by atoms with Crippen LogP contribution in [0.15, 0.2) is 217 Å². The van der Waals surface area contributed by atoms with Crippen molar-refractivity contribution < 1.29 is 4.42 Å². The molecule has 0 aliphatic rings. The maximum absolute atomic E-state index is 6.58. The Morgan fingerprint density at radius 2 is 0.746 bits per heavy atom. The predicted molar refractivity (Wildman–Crippen MR) is 243 cm³/mol. The summed E-state index contributed by atoms with van der Waals surface area (Å²) in [5.41, 5.74) is 13.6. The maximum Gasteiger partial charge on any atom is 0.164 e. The largest absolute Gasteiger partial charge is 0.456 e. The molecule has 0 amide bonds. The summed E-state index contributed by atoms with van der Waals surface area (Å²) < 4.78 is 6.58. The lowest BCUT2D eigenvalue weighted by Crippen LogP contribution is -2.00. The first kappa shape index (κ1) is 34.3. The molecule has 11 aromatic rings. The lowest BCUT2D eigenvalue weighted by Gasteiger charge is -2.10. The van der Waals surface area contributed by atoms with Gasteiger partial charge in [0.2, 0.25) is 0 Å². The van der Waals surface area contributed by atoms with Gasteiger partial charge >= 0.3 is 0 Å². The van der Waals surface area contributed by atoms with Gasteiger partial charge in [-0.2, -0.15) is 0 Å². The van der Waals surface area contributed by atoms with Crippen LogP contribution in [0.5, 0.6) is 0 Å². The molecule has 2 aromatic heterocycles. The van der Waals surface area contributed by atoms with E-state index < -0.39 is 0 Å². The van der Waals surface area contributed by atoms with Gasteiger partial charge in [-0.05, 0) is 79.5 Å². The average Bonchev–Trinajstić information content (AvgIpc) is 3.70. The van der Waals surface area contributed by atoms with Crippen molar-refractivity contribution in [1.29, 1.82) is 0 Å². The number of hydrogen-bond acceptors (Lipinski definition) is 4. The van der Waals surface area contributed by atoms with Gasteiger partial charge in [0.05, 0.1) is 0 Å². The normalized spacial score (nSPS) is 11.4. The lowest BCUT2D eigenvalue weighted by atomic mass is 9.94. The second-order valence-electron chi connectivity index (χ2n) is 14.8. The predicted octanol–water partition coefficient (Wildman–Crippen LogP) is 14.6. The van der Waals surface area contributed by atoms with Gasteiger partial charge in [-0.15, -0.1) is 0 Å².